The molecule has 1 amide bonds. The van der Waals surface area contributed by atoms with E-state index in [4.69, 9.17) is 4.98 Å². The minimum atomic E-state index is -0.227. The van der Waals surface area contributed by atoms with Gasteiger partial charge in [-0.1, -0.05) is 12.1 Å². The smallest absolute Gasteiger partial charge is 0.276 e. The van der Waals surface area contributed by atoms with E-state index in [1.165, 1.54) is 12.3 Å². The number of hydrogen-bond acceptors (Lipinski definition) is 4. The van der Waals surface area contributed by atoms with Crippen molar-refractivity contribution < 1.29 is 9.90 Å². The van der Waals surface area contributed by atoms with Crippen LogP contribution in [0.1, 0.15) is 40.6 Å². The maximum Gasteiger partial charge on any atom is 0.276 e. The molecule has 0 radical (unpaired) electrons. The van der Waals surface area contributed by atoms with Gasteiger partial charge in [-0.15, -0.1) is 0 Å². The first kappa shape index (κ1) is 15.6. The van der Waals surface area contributed by atoms with Crippen LogP contribution in [0.25, 0.3) is 11.0 Å². The summed E-state index contributed by atoms with van der Waals surface area (Å²) in [6.45, 7) is 3.30. The Balaban J connectivity index is 1.59. The van der Waals surface area contributed by atoms with E-state index < -0.39 is 0 Å². The van der Waals surface area contributed by atoms with Crippen molar-refractivity contribution in [2.24, 2.45) is 0 Å². The highest BCUT2D eigenvalue weighted by Crippen LogP contribution is 2.29. The van der Waals surface area contributed by atoms with Gasteiger partial charge >= 0.3 is 0 Å². The highest BCUT2D eigenvalue weighted by Gasteiger charge is 2.29. The molecule has 4 rings (SSSR count). The van der Waals surface area contributed by atoms with Crippen LogP contribution >= 0.6 is 0 Å². The zero-order chi connectivity index (χ0) is 17.4. The first-order valence-electron chi connectivity index (χ1n) is 8.52. The quantitative estimate of drug-likeness (QED) is 0.754. The third-order valence-corrected chi connectivity index (χ3v) is 4.82. The zero-order valence-electron chi connectivity index (χ0n) is 14.1. The first-order valence-corrected chi connectivity index (χ1v) is 8.52. The molecule has 25 heavy (non-hydrogen) atoms. The number of aromatic hydroxyl groups is 1. The van der Waals surface area contributed by atoms with Crippen molar-refractivity contribution in [1.82, 2.24) is 19.9 Å². The Labute approximate surface area is 145 Å². The number of carbonyl (C=O) groups is 1. The number of nitrogens with one attached hydrogen (secondary N) is 1. The van der Waals surface area contributed by atoms with Gasteiger partial charge in [0.25, 0.3) is 5.91 Å². The third kappa shape index (κ3) is 2.84. The highest BCUT2D eigenvalue weighted by molar-refractivity contribution is 5.94. The number of benzene rings is 1. The number of likely N-dealkylation sites (tertiary alicyclic amines) is 1. The minimum absolute atomic E-state index is 0.0750. The van der Waals surface area contributed by atoms with Crippen LogP contribution in [-0.4, -0.2) is 44.0 Å². The number of fused-ring (bicyclic) bond motifs is 1. The normalized spacial score (nSPS) is 17.8. The van der Waals surface area contributed by atoms with E-state index in [9.17, 15) is 9.90 Å². The first-order chi connectivity index (χ1) is 12.1. The van der Waals surface area contributed by atoms with E-state index in [1.807, 2.05) is 25.1 Å². The number of nitrogens with zero attached hydrogens (tertiary/aromatic N) is 3. The minimum Gasteiger partial charge on any atom is -0.505 e. The predicted molar refractivity (Wildman–Crippen MR) is 94.6 cm³/mol. The van der Waals surface area contributed by atoms with Gasteiger partial charge in [-0.2, -0.15) is 0 Å². The fraction of sp³-hybridized carbons (Fsp3) is 0.316. The number of hydrogen-bond donors (Lipinski definition) is 2. The lowest BCUT2D eigenvalue weighted by atomic mass is 9.97. The van der Waals surface area contributed by atoms with Crippen LogP contribution in [0.4, 0.5) is 0 Å². The van der Waals surface area contributed by atoms with Crippen LogP contribution in [0.3, 0.4) is 0 Å². The van der Waals surface area contributed by atoms with Crippen LogP contribution in [-0.2, 0) is 0 Å². The number of rotatable bonds is 2. The van der Waals surface area contributed by atoms with E-state index in [2.05, 4.69) is 9.97 Å². The number of carbonyl (C=O) groups excluding carboxylic acids is 1. The third-order valence-electron chi connectivity index (χ3n) is 4.82. The lowest BCUT2D eigenvalue weighted by Crippen LogP contribution is -2.39. The van der Waals surface area contributed by atoms with Gasteiger partial charge in [-0.25, -0.2) is 9.97 Å². The fourth-order valence-corrected chi connectivity index (χ4v) is 3.48. The van der Waals surface area contributed by atoms with Crippen LogP contribution in [0.15, 0.2) is 36.5 Å². The average molecular weight is 336 g/mol. The fourth-order valence-electron chi connectivity index (χ4n) is 3.48. The molecular formula is C19H20N4O2. The molecule has 3 heterocycles. The number of para-hydroxylation sites is 1. The van der Waals surface area contributed by atoms with Gasteiger partial charge in [0, 0.05) is 25.2 Å². The maximum absolute atomic E-state index is 12.7. The van der Waals surface area contributed by atoms with Crippen LogP contribution in [0.5, 0.6) is 5.75 Å². The number of pyridine rings is 1. The van der Waals surface area contributed by atoms with E-state index in [-0.39, 0.29) is 23.3 Å². The monoisotopic (exact) mass is 336 g/mol. The molecule has 2 N–H and O–H groups in total. The van der Waals surface area contributed by atoms with E-state index in [0.29, 0.717) is 13.1 Å². The highest BCUT2D eigenvalue weighted by atomic mass is 16.3. The second kappa shape index (κ2) is 6.20. The largest absolute Gasteiger partial charge is 0.505 e. The van der Waals surface area contributed by atoms with E-state index >= 15 is 0 Å². The van der Waals surface area contributed by atoms with Gasteiger partial charge in [0.15, 0.2) is 5.69 Å². The summed E-state index contributed by atoms with van der Waals surface area (Å²) in [6.07, 6.45) is 3.41. The molecule has 0 unspecified atom stereocenters. The topological polar surface area (TPSA) is 82.1 Å². The Bertz CT molecular complexity index is 934. The molecule has 1 atom stereocenters. The summed E-state index contributed by atoms with van der Waals surface area (Å²) in [5, 5.41) is 9.89. The van der Waals surface area contributed by atoms with E-state index in [1.54, 1.807) is 11.0 Å². The van der Waals surface area contributed by atoms with Crippen molar-refractivity contribution >= 4 is 16.9 Å². The van der Waals surface area contributed by atoms with Gasteiger partial charge in [-0.3, -0.25) is 4.79 Å². The SMILES string of the molecule is Cc1cccc2[nH]c([C@@H]3CCCN(C(=O)c4ncccc4O)C3)nc12. The van der Waals surface area contributed by atoms with Crippen molar-refractivity contribution in [2.75, 3.05) is 13.1 Å². The van der Waals surface area contributed by atoms with Gasteiger partial charge in [0.1, 0.15) is 11.6 Å². The van der Waals surface area contributed by atoms with Crippen molar-refractivity contribution in [2.45, 2.75) is 25.7 Å². The Hall–Kier alpha value is -2.89. The van der Waals surface area contributed by atoms with E-state index in [0.717, 1.165) is 35.3 Å². The Morgan fingerprint density at radius 2 is 2.20 bits per heavy atom. The molecule has 0 spiro atoms. The Morgan fingerprint density at radius 3 is 3.00 bits per heavy atom. The number of piperidine rings is 1. The number of imidazole rings is 1. The molecular weight excluding hydrogens is 316 g/mol. The standard InChI is InChI=1S/C19H20N4O2/c1-12-5-2-7-14-16(12)22-18(21-14)13-6-4-10-23(11-13)19(25)17-15(24)8-3-9-20-17/h2-3,5,7-9,13,24H,4,6,10-11H2,1H3,(H,21,22)/t13-/m1/s1. The van der Waals surface area contributed by atoms with Gasteiger partial charge in [0.2, 0.25) is 0 Å². The lowest BCUT2D eigenvalue weighted by Gasteiger charge is -2.31. The second-order valence-electron chi connectivity index (χ2n) is 6.55. The van der Waals surface area contributed by atoms with Crippen molar-refractivity contribution in [1.29, 1.82) is 0 Å². The summed E-state index contributed by atoms with van der Waals surface area (Å²) in [6, 6.07) is 9.19. The number of aromatic amines is 1. The molecule has 1 saturated heterocycles. The summed E-state index contributed by atoms with van der Waals surface area (Å²) in [4.78, 5) is 26.7. The second-order valence-corrected chi connectivity index (χ2v) is 6.55. The molecule has 1 aliphatic rings. The predicted octanol–water partition coefficient (Wildman–Crippen LogP) is 2.99. The molecule has 0 bridgehead atoms. The number of amides is 1. The molecule has 1 aromatic carbocycles. The maximum atomic E-state index is 12.7. The Kier molecular flexibility index (Phi) is 3.87. The molecule has 0 aliphatic carbocycles. The van der Waals surface area contributed by atoms with Crippen LogP contribution < -0.4 is 0 Å². The molecule has 1 aliphatic heterocycles. The summed E-state index contributed by atoms with van der Waals surface area (Å²) >= 11 is 0. The molecule has 0 saturated carbocycles. The summed E-state index contributed by atoms with van der Waals surface area (Å²) in [7, 11) is 0. The van der Waals surface area contributed by atoms with Crippen molar-refractivity contribution in [3.05, 3.63) is 53.6 Å². The molecule has 6 heteroatoms. The van der Waals surface area contributed by atoms with Crippen LogP contribution in [0, 0.1) is 6.92 Å². The van der Waals surface area contributed by atoms with Gasteiger partial charge < -0.3 is 15.0 Å². The number of aromatic nitrogens is 3. The van der Waals surface area contributed by atoms with Crippen LogP contribution in [0.2, 0.25) is 0 Å². The molecule has 128 valence electrons. The molecule has 3 aromatic rings. The molecule has 1 fully saturated rings. The van der Waals surface area contributed by atoms with Crippen molar-refractivity contribution in [3.8, 4) is 5.75 Å². The molecule has 2 aromatic heterocycles. The van der Waals surface area contributed by atoms with Crippen molar-refractivity contribution in [3.63, 3.8) is 0 Å². The Morgan fingerprint density at radius 1 is 1.32 bits per heavy atom. The molecule has 6 nitrogen and oxygen atoms in total. The number of H-pyrrole nitrogens is 1. The summed E-state index contributed by atoms with van der Waals surface area (Å²) in [5.41, 5.74) is 3.27. The number of aryl methyl sites for hydroxylation is 1. The average Bonchev–Trinajstić information content (AvgIpc) is 3.07. The van der Waals surface area contributed by atoms with Gasteiger partial charge in [0.05, 0.1) is 11.0 Å². The summed E-state index contributed by atoms with van der Waals surface area (Å²) in [5.74, 6) is 0.784. The van der Waals surface area contributed by atoms with Gasteiger partial charge in [-0.05, 0) is 43.5 Å². The zero-order valence-corrected chi connectivity index (χ0v) is 14.1. The summed E-state index contributed by atoms with van der Waals surface area (Å²) < 4.78 is 0. The lowest BCUT2D eigenvalue weighted by molar-refractivity contribution is 0.0695.